The molecule has 1 aromatic rings. The van der Waals surface area contributed by atoms with Crippen molar-refractivity contribution >= 4 is 17.8 Å². The van der Waals surface area contributed by atoms with Crippen molar-refractivity contribution in [2.24, 2.45) is 17.8 Å². The van der Waals surface area contributed by atoms with Gasteiger partial charge in [-0.2, -0.15) is 5.10 Å². The smallest absolute Gasteiger partial charge is 0.315 e. The maximum atomic E-state index is 12.4. The summed E-state index contributed by atoms with van der Waals surface area (Å²) in [6.07, 6.45) is 9.38. The number of anilines is 1. The number of carbonyl (C=O) groups is 2. The Bertz CT molecular complexity index is 676. The van der Waals surface area contributed by atoms with Crippen LogP contribution in [0.25, 0.3) is 0 Å². The molecule has 0 aromatic carbocycles. The van der Waals surface area contributed by atoms with Gasteiger partial charge in [0.1, 0.15) is 5.82 Å². The van der Waals surface area contributed by atoms with Crippen molar-refractivity contribution in [1.29, 1.82) is 0 Å². The van der Waals surface area contributed by atoms with E-state index in [1.807, 2.05) is 13.8 Å². The molecule has 4 fully saturated rings. The first-order valence-electron chi connectivity index (χ1n) is 10.3. The summed E-state index contributed by atoms with van der Waals surface area (Å²) in [6.45, 7) is 4.36. The van der Waals surface area contributed by atoms with E-state index in [4.69, 9.17) is 0 Å². The molecular weight excluding hydrogens is 342 g/mol. The summed E-state index contributed by atoms with van der Waals surface area (Å²) in [6, 6.07) is 1.84. The minimum absolute atomic E-state index is 0.00482. The topological polar surface area (TPSA) is 88.1 Å². The van der Waals surface area contributed by atoms with Crippen LogP contribution in [0, 0.1) is 17.8 Å². The first-order chi connectivity index (χ1) is 12.9. The van der Waals surface area contributed by atoms with Crippen LogP contribution in [-0.2, 0) is 4.79 Å². The molecule has 4 saturated carbocycles. The lowest BCUT2D eigenvalue weighted by molar-refractivity contribution is -0.116. The Balaban J connectivity index is 1.22. The molecule has 148 valence electrons. The average Bonchev–Trinajstić information content (AvgIpc) is 3.01. The van der Waals surface area contributed by atoms with Gasteiger partial charge in [0.05, 0.1) is 6.20 Å². The second-order valence-electron chi connectivity index (χ2n) is 9.13. The highest BCUT2D eigenvalue weighted by molar-refractivity contribution is 5.90. The molecule has 3 amide bonds. The molecule has 1 heterocycles. The Morgan fingerprint density at radius 3 is 2.41 bits per heavy atom. The lowest BCUT2D eigenvalue weighted by Crippen LogP contribution is -2.61. The number of aromatic nitrogens is 2. The number of hydrogen-bond acceptors (Lipinski definition) is 3. The predicted molar refractivity (Wildman–Crippen MR) is 103 cm³/mol. The zero-order valence-corrected chi connectivity index (χ0v) is 16.3. The van der Waals surface area contributed by atoms with Gasteiger partial charge in [-0.1, -0.05) is 0 Å². The molecule has 0 atom stereocenters. The summed E-state index contributed by atoms with van der Waals surface area (Å²) in [5.41, 5.74) is 0.00482. The van der Waals surface area contributed by atoms with E-state index in [1.54, 1.807) is 16.9 Å². The van der Waals surface area contributed by atoms with Gasteiger partial charge in [0.25, 0.3) is 0 Å². The van der Waals surface area contributed by atoms with E-state index in [1.165, 1.54) is 19.3 Å². The summed E-state index contributed by atoms with van der Waals surface area (Å²) in [5.74, 6) is 2.97. The van der Waals surface area contributed by atoms with Crippen LogP contribution in [0.5, 0.6) is 0 Å². The highest BCUT2D eigenvalue weighted by atomic mass is 16.2. The maximum absolute atomic E-state index is 12.4. The van der Waals surface area contributed by atoms with Crippen LogP contribution < -0.4 is 16.0 Å². The summed E-state index contributed by atoms with van der Waals surface area (Å²) < 4.78 is 1.77. The minimum Gasteiger partial charge on any atom is -0.338 e. The van der Waals surface area contributed by atoms with Crippen LogP contribution in [-0.4, -0.2) is 33.8 Å². The summed E-state index contributed by atoms with van der Waals surface area (Å²) in [5, 5.41) is 13.2. The number of nitrogens with zero attached hydrogens (tertiary/aromatic N) is 2. The predicted octanol–water partition coefficient (Wildman–Crippen LogP) is 3.06. The lowest BCUT2D eigenvalue weighted by Gasteiger charge is -2.56. The molecule has 0 unspecified atom stereocenters. The molecule has 0 spiro atoms. The molecule has 3 N–H and O–H groups in total. The lowest BCUT2D eigenvalue weighted by atomic mass is 9.53. The van der Waals surface area contributed by atoms with Crippen LogP contribution in [0.2, 0.25) is 0 Å². The number of nitrogens with one attached hydrogen (secondary N) is 3. The van der Waals surface area contributed by atoms with E-state index in [9.17, 15) is 9.59 Å². The Morgan fingerprint density at radius 1 is 1.19 bits per heavy atom. The van der Waals surface area contributed by atoms with Crippen molar-refractivity contribution in [3.63, 3.8) is 0 Å². The highest BCUT2D eigenvalue weighted by Crippen LogP contribution is 2.55. The largest absolute Gasteiger partial charge is 0.338 e. The molecule has 7 nitrogen and oxygen atoms in total. The Labute approximate surface area is 160 Å². The first-order valence-corrected chi connectivity index (χ1v) is 10.3. The summed E-state index contributed by atoms with van der Waals surface area (Å²) >= 11 is 0. The van der Waals surface area contributed by atoms with E-state index in [2.05, 4.69) is 21.0 Å². The van der Waals surface area contributed by atoms with Crippen molar-refractivity contribution in [1.82, 2.24) is 20.4 Å². The number of rotatable bonds is 6. The highest BCUT2D eigenvalue weighted by Gasteiger charge is 2.51. The van der Waals surface area contributed by atoms with Gasteiger partial charge in [-0.05, 0) is 70.1 Å². The van der Waals surface area contributed by atoms with Crippen LogP contribution in [0.1, 0.15) is 64.8 Å². The quantitative estimate of drug-likeness (QED) is 0.716. The third kappa shape index (κ3) is 3.96. The van der Waals surface area contributed by atoms with Gasteiger partial charge in [-0.25, -0.2) is 9.48 Å². The molecule has 4 bridgehead atoms. The zero-order chi connectivity index (χ0) is 19.0. The fourth-order valence-corrected chi connectivity index (χ4v) is 5.87. The fourth-order valence-electron chi connectivity index (χ4n) is 5.87. The molecule has 4 aliphatic rings. The molecule has 0 saturated heterocycles. The molecule has 0 aliphatic heterocycles. The zero-order valence-electron chi connectivity index (χ0n) is 16.3. The standard InChI is InChI=1S/C20H31N5O2/c1-13(2)25-17(3-6-22-25)23-18(26)4-5-21-19(27)24-20-10-14-7-15(11-20)9-16(8-14)12-20/h3,6,13-16H,4-5,7-12H2,1-2H3,(H,23,26)(H2,21,24,27). The molecule has 1 aromatic heterocycles. The van der Waals surface area contributed by atoms with Gasteiger partial charge in [-0.15, -0.1) is 0 Å². The average molecular weight is 374 g/mol. The molecule has 7 heteroatoms. The monoisotopic (exact) mass is 373 g/mol. The second-order valence-corrected chi connectivity index (χ2v) is 9.13. The fraction of sp³-hybridized carbons (Fsp3) is 0.750. The van der Waals surface area contributed by atoms with E-state index >= 15 is 0 Å². The SMILES string of the molecule is CC(C)n1nccc1NC(=O)CCNC(=O)NC12CC3CC(CC(C3)C1)C2. The van der Waals surface area contributed by atoms with Gasteiger partial charge >= 0.3 is 6.03 Å². The number of amides is 3. The van der Waals surface area contributed by atoms with Crippen LogP contribution in [0.3, 0.4) is 0 Å². The number of carbonyl (C=O) groups excluding carboxylic acids is 2. The summed E-state index contributed by atoms with van der Waals surface area (Å²) in [7, 11) is 0. The molecular formula is C20H31N5O2. The van der Waals surface area contributed by atoms with E-state index < -0.39 is 0 Å². The molecule has 4 aliphatic carbocycles. The number of urea groups is 1. The molecule has 5 rings (SSSR count). The normalized spacial score (nSPS) is 31.1. The molecule has 0 radical (unpaired) electrons. The van der Waals surface area contributed by atoms with Gasteiger partial charge < -0.3 is 16.0 Å². The Hall–Kier alpha value is -2.05. The minimum atomic E-state index is -0.128. The van der Waals surface area contributed by atoms with Crippen molar-refractivity contribution in [2.45, 2.75) is 70.4 Å². The van der Waals surface area contributed by atoms with Crippen molar-refractivity contribution in [2.75, 3.05) is 11.9 Å². The van der Waals surface area contributed by atoms with Gasteiger partial charge in [-0.3, -0.25) is 4.79 Å². The first kappa shape index (κ1) is 18.3. The maximum Gasteiger partial charge on any atom is 0.315 e. The number of hydrogen-bond donors (Lipinski definition) is 3. The second kappa shape index (κ2) is 7.17. The van der Waals surface area contributed by atoms with Crippen LogP contribution >= 0.6 is 0 Å². The van der Waals surface area contributed by atoms with E-state index in [0.717, 1.165) is 37.0 Å². The Kier molecular flexibility index (Phi) is 4.86. The van der Waals surface area contributed by atoms with Crippen LogP contribution in [0.15, 0.2) is 12.3 Å². The van der Waals surface area contributed by atoms with Gasteiger partial charge in [0, 0.05) is 30.6 Å². The third-order valence-electron chi connectivity index (χ3n) is 6.48. The van der Waals surface area contributed by atoms with Crippen LogP contribution in [0.4, 0.5) is 10.6 Å². The Morgan fingerprint density at radius 2 is 1.81 bits per heavy atom. The van der Waals surface area contributed by atoms with E-state index in [0.29, 0.717) is 12.4 Å². The molecule has 27 heavy (non-hydrogen) atoms. The third-order valence-corrected chi connectivity index (χ3v) is 6.48. The van der Waals surface area contributed by atoms with E-state index in [-0.39, 0.29) is 29.9 Å². The van der Waals surface area contributed by atoms with Gasteiger partial charge in [0.15, 0.2) is 0 Å². The van der Waals surface area contributed by atoms with Crippen molar-refractivity contribution in [3.8, 4) is 0 Å². The van der Waals surface area contributed by atoms with Crippen molar-refractivity contribution in [3.05, 3.63) is 12.3 Å². The van der Waals surface area contributed by atoms with Crippen molar-refractivity contribution < 1.29 is 9.59 Å². The summed E-state index contributed by atoms with van der Waals surface area (Å²) in [4.78, 5) is 24.6. The van der Waals surface area contributed by atoms with Gasteiger partial charge in [0.2, 0.25) is 5.91 Å².